The van der Waals surface area contributed by atoms with Crippen LogP contribution < -0.4 is 5.32 Å². The molecule has 188 valence electrons. The molecule has 2 atom stereocenters. The number of pyridine rings is 1. The van der Waals surface area contributed by atoms with E-state index in [1.165, 1.54) is 11.1 Å². The predicted molar refractivity (Wildman–Crippen MR) is 126 cm³/mol. The minimum atomic E-state index is -1.25. The molecule has 0 saturated carbocycles. The van der Waals surface area contributed by atoms with Gasteiger partial charge in [-0.2, -0.15) is 0 Å². The van der Waals surface area contributed by atoms with Crippen molar-refractivity contribution in [1.82, 2.24) is 24.3 Å². The van der Waals surface area contributed by atoms with Crippen molar-refractivity contribution in [3.63, 3.8) is 0 Å². The number of hydrogen-bond acceptors (Lipinski definition) is 7. The molecule has 0 bridgehead atoms. The number of ether oxygens (including phenoxy) is 1. The van der Waals surface area contributed by atoms with E-state index in [4.69, 9.17) is 4.74 Å². The van der Waals surface area contributed by atoms with Gasteiger partial charge in [0, 0.05) is 19.3 Å². The lowest BCUT2D eigenvalue weighted by molar-refractivity contribution is 0.0150. The topological polar surface area (TPSA) is 105 Å². The molecule has 3 aromatic rings. The summed E-state index contributed by atoms with van der Waals surface area (Å²) >= 11 is 0. The number of anilines is 1. The van der Waals surface area contributed by atoms with Crippen LogP contribution in [-0.4, -0.2) is 66.4 Å². The Hall–Kier alpha value is -3.34. The summed E-state index contributed by atoms with van der Waals surface area (Å²) in [4.78, 5) is 26.4. The molecule has 2 N–H and O–H groups in total. The molecule has 0 radical (unpaired) electrons. The first kappa shape index (κ1) is 24.8. The van der Waals surface area contributed by atoms with E-state index in [2.05, 4.69) is 20.3 Å². The van der Waals surface area contributed by atoms with Crippen molar-refractivity contribution in [2.75, 3.05) is 18.4 Å². The molecule has 4 heterocycles. The number of alkyl halides is 1. The number of nitrogens with zero attached hydrogens (tertiary/aromatic N) is 5. The molecule has 1 aliphatic rings. The fourth-order valence-electron chi connectivity index (χ4n) is 3.85. The van der Waals surface area contributed by atoms with Crippen molar-refractivity contribution in [2.24, 2.45) is 0 Å². The van der Waals surface area contributed by atoms with E-state index in [0.29, 0.717) is 16.9 Å². The number of halogens is 2. The van der Waals surface area contributed by atoms with Gasteiger partial charge in [-0.25, -0.2) is 28.5 Å². The molecular weight excluding hydrogens is 458 g/mol. The van der Waals surface area contributed by atoms with Crippen LogP contribution in [0.3, 0.4) is 0 Å². The lowest BCUT2D eigenvalue weighted by Crippen LogP contribution is -2.52. The molecule has 11 heteroatoms. The summed E-state index contributed by atoms with van der Waals surface area (Å²) in [6.45, 7) is 8.88. The van der Waals surface area contributed by atoms with Crippen molar-refractivity contribution < 1.29 is 23.4 Å². The first-order valence-electron chi connectivity index (χ1n) is 11.4. The Kier molecular flexibility index (Phi) is 6.39. The summed E-state index contributed by atoms with van der Waals surface area (Å²) in [7, 11) is 0. The number of carbonyl (C=O) groups excluding carboxylic acids is 1. The number of likely N-dealkylation sites (tertiary alicyclic amines) is 1. The SMILES string of the molecule is CC(C)(C)OC(=O)N1CC[C@H](F)[C@@H](Nc2ncc(F)c(-c3cnc4ccc(C(C)(C)O)cn34)n2)C1. The summed E-state index contributed by atoms with van der Waals surface area (Å²) in [5, 5.41) is 13.3. The number of hydrogen-bond donors (Lipinski definition) is 2. The van der Waals surface area contributed by atoms with Gasteiger partial charge in [-0.15, -0.1) is 0 Å². The normalized spacial score (nSPS) is 19.1. The summed E-state index contributed by atoms with van der Waals surface area (Å²) in [5.41, 5.74) is -0.292. The molecule has 1 fully saturated rings. The van der Waals surface area contributed by atoms with Crippen LogP contribution in [0.4, 0.5) is 19.5 Å². The Labute approximate surface area is 202 Å². The highest BCUT2D eigenvalue weighted by Crippen LogP contribution is 2.27. The number of imidazole rings is 1. The third-order valence-corrected chi connectivity index (χ3v) is 5.69. The van der Waals surface area contributed by atoms with E-state index in [1.54, 1.807) is 57.3 Å². The fourth-order valence-corrected chi connectivity index (χ4v) is 3.85. The molecule has 3 aromatic heterocycles. The number of amides is 1. The van der Waals surface area contributed by atoms with E-state index in [-0.39, 0.29) is 31.2 Å². The molecule has 1 aliphatic heterocycles. The Morgan fingerprint density at radius 1 is 1.20 bits per heavy atom. The van der Waals surface area contributed by atoms with Crippen LogP contribution in [-0.2, 0) is 10.3 Å². The largest absolute Gasteiger partial charge is 0.444 e. The summed E-state index contributed by atoms with van der Waals surface area (Å²) < 4.78 is 36.5. The van der Waals surface area contributed by atoms with Crippen LogP contribution in [0.15, 0.2) is 30.7 Å². The van der Waals surface area contributed by atoms with Crippen LogP contribution in [0.5, 0.6) is 0 Å². The lowest BCUT2D eigenvalue weighted by Gasteiger charge is -2.36. The molecule has 1 amide bonds. The minimum Gasteiger partial charge on any atom is -0.444 e. The van der Waals surface area contributed by atoms with Gasteiger partial charge in [-0.1, -0.05) is 6.07 Å². The van der Waals surface area contributed by atoms with Crippen LogP contribution in [0.25, 0.3) is 17.0 Å². The molecule has 0 aromatic carbocycles. The zero-order chi connectivity index (χ0) is 25.5. The maximum Gasteiger partial charge on any atom is 0.410 e. The standard InChI is InChI=1S/C24H30F2N6O3/c1-23(2,3)35-22(33)31-9-8-15(25)17(13-31)29-21-28-10-16(26)20(30-21)18-11-27-19-7-6-14(12-32(18)19)24(4,5)34/h6-7,10-12,15,17,34H,8-9,13H2,1-5H3,(H,28,29,30)/t15-,17-/m0/s1. The van der Waals surface area contributed by atoms with Crippen LogP contribution in [0.2, 0.25) is 0 Å². The second-order valence-electron chi connectivity index (χ2n) is 10.2. The summed E-state index contributed by atoms with van der Waals surface area (Å²) in [6, 6.07) is 2.67. The van der Waals surface area contributed by atoms with Gasteiger partial charge in [0.25, 0.3) is 0 Å². The minimum absolute atomic E-state index is 0.0219. The Bertz CT molecular complexity index is 1230. The van der Waals surface area contributed by atoms with E-state index >= 15 is 0 Å². The van der Waals surface area contributed by atoms with E-state index < -0.39 is 35.3 Å². The summed E-state index contributed by atoms with van der Waals surface area (Å²) in [6.07, 6.45) is 2.50. The van der Waals surface area contributed by atoms with Crippen molar-refractivity contribution in [3.8, 4) is 11.4 Å². The van der Waals surface area contributed by atoms with E-state index in [1.807, 2.05) is 0 Å². The molecule has 4 rings (SSSR count). The van der Waals surface area contributed by atoms with Crippen molar-refractivity contribution in [1.29, 1.82) is 0 Å². The van der Waals surface area contributed by atoms with Gasteiger partial charge in [-0.05, 0) is 52.7 Å². The van der Waals surface area contributed by atoms with E-state index in [0.717, 1.165) is 6.20 Å². The van der Waals surface area contributed by atoms with Crippen molar-refractivity contribution in [2.45, 2.75) is 64.5 Å². The average molecular weight is 489 g/mol. The second kappa shape index (κ2) is 9.03. The Balaban J connectivity index is 1.60. The van der Waals surface area contributed by atoms with E-state index in [9.17, 15) is 18.7 Å². The third kappa shape index (κ3) is 5.50. The lowest BCUT2D eigenvalue weighted by atomic mass is 10.0. The molecule has 1 saturated heterocycles. The quantitative estimate of drug-likeness (QED) is 0.574. The maximum atomic E-state index is 14.8. The first-order chi connectivity index (χ1) is 16.3. The molecule has 0 aliphatic carbocycles. The van der Waals surface area contributed by atoms with Gasteiger partial charge in [0.2, 0.25) is 5.95 Å². The number of rotatable bonds is 4. The van der Waals surface area contributed by atoms with Gasteiger partial charge < -0.3 is 20.1 Å². The smallest absolute Gasteiger partial charge is 0.410 e. The molecule has 0 unspecified atom stereocenters. The summed E-state index contributed by atoms with van der Waals surface area (Å²) in [5.74, 6) is -0.657. The van der Waals surface area contributed by atoms with Gasteiger partial charge in [0.15, 0.2) is 5.82 Å². The second-order valence-corrected chi connectivity index (χ2v) is 10.2. The van der Waals surface area contributed by atoms with Crippen LogP contribution in [0, 0.1) is 5.82 Å². The number of aromatic nitrogens is 4. The maximum absolute atomic E-state index is 14.8. The molecule has 9 nitrogen and oxygen atoms in total. The highest BCUT2D eigenvalue weighted by atomic mass is 19.1. The fraction of sp³-hybridized carbons (Fsp3) is 0.500. The van der Waals surface area contributed by atoms with Crippen LogP contribution in [0.1, 0.15) is 46.6 Å². The highest BCUT2D eigenvalue weighted by Gasteiger charge is 2.34. The predicted octanol–water partition coefficient (Wildman–Crippen LogP) is 3.92. The molecular formula is C24H30F2N6O3. The number of piperidine rings is 1. The zero-order valence-electron chi connectivity index (χ0n) is 20.4. The Morgan fingerprint density at radius 2 is 1.94 bits per heavy atom. The third-order valence-electron chi connectivity index (χ3n) is 5.69. The number of fused-ring (bicyclic) bond motifs is 1. The first-order valence-corrected chi connectivity index (χ1v) is 11.4. The van der Waals surface area contributed by atoms with Gasteiger partial charge in [0.1, 0.15) is 23.1 Å². The van der Waals surface area contributed by atoms with Gasteiger partial charge in [-0.3, -0.25) is 4.40 Å². The Morgan fingerprint density at radius 3 is 2.63 bits per heavy atom. The number of aliphatic hydroxyl groups is 1. The highest BCUT2D eigenvalue weighted by molar-refractivity contribution is 5.68. The number of nitrogens with one attached hydrogen (secondary N) is 1. The average Bonchev–Trinajstić information content (AvgIpc) is 3.18. The monoisotopic (exact) mass is 488 g/mol. The van der Waals surface area contributed by atoms with Crippen molar-refractivity contribution in [3.05, 3.63) is 42.1 Å². The van der Waals surface area contributed by atoms with Gasteiger partial charge in [0.05, 0.1) is 29.7 Å². The van der Waals surface area contributed by atoms with Crippen molar-refractivity contribution >= 4 is 17.7 Å². The zero-order valence-corrected chi connectivity index (χ0v) is 20.4. The van der Waals surface area contributed by atoms with Gasteiger partial charge >= 0.3 is 6.09 Å². The number of carbonyl (C=O) groups is 1. The van der Waals surface area contributed by atoms with Crippen LogP contribution >= 0.6 is 0 Å². The molecule has 35 heavy (non-hydrogen) atoms. The molecule has 0 spiro atoms.